The molecule has 19 heavy (non-hydrogen) atoms. The first-order valence-electron chi connectivity index (χ1n) is 6.59. The molecule has 0 unspecified atom stereocenters. The van der Waals surface area contributed by atoms with Gasteiger partial charge in [0.2, 0.25) is 0 Å². The Bertz CT molecular complexity index is 449. The van der Waals surface area contributed by atoms with Crippen LogP contribution in [0.3, 0.4) is 0 Å². The quantitative estimate of drug-likeness (QED) is 0.829. The molecule has 5 heteroatoms. The zero-order valence-corrected chi connectivity index (χ0v) is 12.2. The van der Waals surface area contributed by atoms with Gasteiger partial charge in [-0.1, -0.05) is 19.3 Å². The molecular formula is C14H18BrF2NO. The van der Waals surface area contributed by atoms with Gasteiger partial charge in [-0.25, -0.2) is 8.78 Å². The minimum Gasteiger partial charge on any atom is -0.391 e. The van der Waals surface area contributed by atoms with Crippen molar-refractivity contribution in [1.29, 1.82) is 0 Å². The van der Waals surface area contributed by atoms with Crippen LogP contribution < -0.4 is 5.73 Å². The summed E-state index contributed by atoms with van der Waals surface area (Å²) >= 11 is 3.01. The molecule has 3 N–H and O–H groups in total. The maximum Gasteiger partial charge on any atom is 0.145 e. The van der Waals surface area contributed by atoms with Crippen LogP contribution in [0.25, 0.3) is 0 Å². The van der Waals surface area contributed by atoms with Crippen LogP contribution in [0.2, 0.25) is 0 Å². The van der Waals surface area contributed by atoms with Crippen LogP contribution in [-0.4, -0.2) is 11.2 Å². The average molecular weight is 334 g/mol. The van der Waals surface area contributed by atoms with Gasteiger partial charge >= 0.3 is 0 Å². The smallest absolute Gasteiger partial charge is 0.145 e. The van der Waals surface area contributed by atoms with E-state index < -0.39 is 23.8 Å². The van der Waals surface area contributed by atoms with Crippen molar-refractivity contribution in [3.05, 3.63) is 33.8 Å². The van der Waals surface area contributed by atoms with Crippen LogP contribution in [0, 0.1) is 17.6 Å². The number of rotatable bonds is 3. The SMILES string of the molecule is N[C@H](c1c(F)ccc(Br)c1F)[C@@H](O)C1CCCCC1. The van der Waals surface area contributed by atoms with Crippen LogP contribution in [0.1, 0.15) is 43.7 Å². The zero-order valence-electron chi connectivity index (χ0n) is 10.6. The summed E-state index contributed by atoms with van der Waals surface area (Å²) in [6.07, 6.45) is 4.06. The molecule has 0 spiro atoms. The van der Waals surface area contributed by atoms with Crippen molar-refractivity contribution in [2.24, 2.45) is 11.7 Å². The van der Waals surface area contributed by atoms with Crippen LogP contribution in [-0.2, 0) is 0 Å². The summed E-state index contributed by atoms with van der Waals surface area (Å²) in [5.41, 5.74) is 5.66. The molecule has 0 aromatic heterocycles. The fourth-order valence-electron chi connectivity index (χ4n) is 2.79. The number of halogens is 3. The molecule has 1 saturated carbocycles. The lowest BCUT2D eigenvalue weighted by Crippen LogP contribution is -2.35. The third kappa shape index (κ3) is 3.15. The lowest BCUT2D eigenvalue weighted by molar-refractivity contribution is 0.0596. The molecule has 2 nitrogen and oxygen atoms in total. The van der Waals surface area contributed by atoms with E-state index >= 15 is 0 Å². The number of hydrogen-bond donors (Lipinski definition) is 2. The zero-order chi connectivity index (χ0) is 14.0. The monoisotopic (exact) mass is 333 g/mol. The molecule has 0 heterocycles. The predicted molar refractivity (Wildman–Crippen MR) is 73.6 cm³/mol. The van der Waals surface area contributed by atoms with E-state index in [4.69, 9.17) is 5.73 Å². The standard InChI is InChI=1S/C14H18BrF2NO/c15-9-6-7-10(16)11(12(9)17)13(18)14(19)8-4-2-1-3-5-8/h6-8,13-14,19H,1-5,18H2/t13-,14+/m1/s1. The Labute approximate surface area is 120 Å². The van der Waals surface area contributed by atoms with Crippen molar-refractivity contribution in [1.82, 2.24) is 0 Å². The summed E-state index contributed by atoms with van der Waals surface area (Å²) in [6.45, 7) is 0. The van der Waals surface area contributed by atoms with Gasteiger partial charge in [0.15, 0.2) is 0 Å². The van der Waals surface area contributed by atoms with E-state index in [1.807, 2.05) is 0 Å². The summed E-state index contributed by atoms with van der Waals surface area (Å²) in [5, 5.41) is 10.3. The maximum absolute atomic E-state index is 14.0. The molecule has 2 atom stereocenters. The Morgan fingerprint density at radius 1 is 1.21 bits per heavy atom. The fraction of sp³-hybridized carbons (Fsp3) is 0.571. The van der Waals surface area contributed by atoms with E-state index in [2.05, 4.69) is 15.9 Å². The molecular weight excluding hydrogens is 316 g/mol. The van der Waals surface area contributed by atoms with E-state index in [0.29, 0.717) is 0 Å². The minimum absolute atomic E-state index is 0.0292. The molecule has 0 saturated heterocycles. The number of hydrogen-bond acceptors (Lipinski definition) is 2. The van der Waals surface area contributed by atoms with Crippen molar-refractivity contribution >= 4 is 15.9 Å². The van der Waals surface area contributed by atoms with Gasteiger partial charge in [-0.15, -0.1) is 0 Å². The highest BCUT2D eigenvalue weighted by Gasteiger charge is 2.31. The Balaban J connectivity index is 2.23. The van der Waals surface area contributed by atoms with Crippen LogP contribution in [0.15, 0.2) is 16.6 Å². The molecule has 106 valence electrons. The van der Waals surface area contributed by atoms with Crippen molar-refractivity contribution in [2.45, 2.75) is 44.2 Å². The lowest BCUT2D eigenvalue weighted by Gasteiger charge is -2.31. The molecule has 1 aromatic rings. The van der Waals surface area contributed by atoms with E-state index in [-0.39, 0.29) is 16.0 Å². The molecule has 0 amide bonds. The first-order valence-corrected chi connectivity index (χ1v) is 7.38. The summed E-state index contributed by atoms with van der Waals surface area (Å²) < 4.78 is 27.9. The number of nitrogens with two attached hydrogens (primary N) is 1. The highest BCUT2D eigenvalue weighted by molar-refractivity contribution is 9.10. The second-order valence-electron chi connectivity index (χ2n) is 5.17. The van der Waals surface area contributed by atoms with E-state index in [1.54, 1.807) is 0 Å². The highest BCUT2D eigenvalue weighted by Crippen LogP contribution is 2.34. The van der Waals surface area contributed by atoms with E-state index in [1.165, 1.54) is 6.07 Å². The predicted octanol–water partition coefficient (Wildman–Crippen LogP) is 3.67. The van der Waals surface area contributed by atoms with Gasteiger partial charge in [-0.2, -0.15) is 0 Å². The molecule has 0 bridgehead atoms. The normalized spacial score (nSPS) is 20.3. The Kier molecular flexibility index (Phi) is 4.92. The van der Waals surface area contributed by atoms with Gasteiger partial charge in [-0.3, -0.25) is 0 Å². The van der Waals surface area contributed by atoms with Crippen LogP contribution in [0.5, 0.6) is 0 Å². The molecule has 0 radical (unpaired) electrons. The van der Waals surface area contributed by atoms with Gasteiger partial charge < -0.3 is 10.8 Å². The average Bonchev–Trinajstić information content (AvgIpc) is 2.43. The molecule has 1 aliphatic rings. The van der Waals surface area contributed by atoms with Crippen molar-refractivity contribution in [3.8, 4) is 0 Å². The van der Waals surface area contributed by atoms with Gasteiger partial charge in [0.1, 0.15) is 11.6 Å². The van der Waals surface area contributed by atoms with Crippen molar-refractivity contribution in [3.63, 3.8) is 0 Å². The van der Waals surface area contributed by atoms with Gasteiger partial charge in [-0.05, 0) is 46.8 Å². The topological polar surface area (TPSA) is 46.2 Å². The first kappa shape index (κ1) is 14.9. The number of aliphatic hydroxyl groups is 1. The Morgan fingerprint density at radius 3 is 2.47 bits per heavy atom. The second-order valence-corrected chi connectivity index (χ2v) is 6.03. The molecule has 1 aliphatic carbocycles. The van der Waals surface area contributed by atoms with E-state index in [9.17, 15) is 13.9 Å². The highest BCUT2D eigenvalue weighted by atomic mass is 79.9. The molecule has 0 aliphatic heterocycles. The Morgan fingerprint density at radius 2 is 1.84 bits per heavy atom. The summed E-state index contributed by atoms with van der Waals surface area (Å²) in [5.74, 6) is -1.40. The minimum atomic E-state index is -1.03. The number of benzene rings is 1. The van der Waals surface area contributed by atoms with Gasteiger partial charge in [0.25, 0.3) is 0 Å². The third-order valence-corrected chi connectivity index (χ3v) is 4.53. The molecule has 1 aromatic carbocycles. The summed E-state index contributed by atoms with van der Waals surface area (Å²) in [7, 11) is 0. The number of aliphatic hydroxyl groups excluding tert-OH is 1. The largest absolute Gasteiger partial charge is 0.391 e. The lowest BCUT2D eigenvalue weighted by atomic mass is 9.81. The summed E-state index contributed by atoms with van der Waals surface area (Å²) in [6, 6.07) is 1.43. The van der Waals surface area contributed by atoms with Gasteiger partial charge in [0, 0.05) is 5.56 Å². The molecule has 1 fully saturated rings. The molecule has 2 rings (SSSR count). The van der Waals surface area contributed by atoms with Crippen LogP contribution in [0.4, 0.5) is 8.78 Å². The van der Waals surface area contributed by atoms with Crippen molar-refractivity contribution in [2.75, 3.05) is 0 Å². The maximum atomic E-state index is 14.0. The fourth-order valence-corrected chi connectivity index (χ4v) is 3.13. The van der Waals surface area contributed by atoms with Crippen molar-refractivity contribution < 1.29 is 13.9 Å². The van der Waals surface area contributed by atoms with Crippen LogP contribution >= 0.6 is 15.9 Å². The van der Waals surface area contributed by atoms with E-state index in [0.717, 1.165) is 38.2 Å². The summed E-state index contributed by atoms with van der Waals surface area (Å²) in [4.78, 5) is 0. The third-order valence-electron chi connectivity index (χ3n) is 3.91. The first-order chi connectivity index (χ1) is 9.02. The Hall–Kier alpha value is -0.520. The van der Waals surface area contributed by atoms with Gasteiger partial charge in [0.05, 0.1) is 16.6 Å². The second kappa shape index (κ2) is 6.29.